The monoisotopic (exact) mass is 448 g/mol. The average molecular weight is 449 g/mol. The summed E-state index contributed by atoms with van der Waals surface area (Å²) in [7, 11) is 3.94. The maximum absolute atomic E-state index is 13.2. The van der Waals surface area contributed by atoms with Gasteiger partial charge in [-0.05, 0) is 36.2 Å². The number of amides is 3. The summed E-state index contributed by atoms with van der Waals surface area (Å²) in [5.74, 6) is -0.240. The number of rotatable bonds is 5. The van der Waals surface area contributed by atoms with Crippen molar-refractivity contribution in [3.05, 3.63) is 65.7 Å². The van der Waals surface area contributed by atoms with Crippen LogP contribution in [0.4, 0.5) is 5.69 Å². The van der Waals surface area contributed by atoms with Crippen molar-refractivity contribution >= 4 is 23.4 Å². The zero-order chi connectivity index (χ0) is 23.4. The SMILES string of the molecule is CN(C)c1ccc(C(=O)N2CCCN(C(=O)C3CC(=O)N(Cc4ccccc4)C3)CC2)cc1. The predicted octanol–water partition coefficient (Wildman–Crippen LogP) is 2.48. The first-order valence-corrected chi connectivity index (χ1v) is 11.6. The summed E-state index contributed by atoms with van der Waals surface area (Å²) in [6.07, 6.45) is 1.00. The first-order valence-electron chi connectivity index (χ1n) is 11.6. The molecule has 174 valence electrons. The number of likely N-dealkylation sites (tertiary alicyclic amines) is 1. The average Bonchev–Trinajstić information content (AvgIpc) is 3.03. The van der Waals surface area contributed by atoms with Crippen LogP contribution in [0.3, 0.4) is 0 Å². The third-order valence-electron chi connectivity index (χ3n) is 6.51. The normalized spacial score (nSPS) is 18.9. The van der Waals surface area contributed by atoms with Gasteiger partial charge in [0.05, 0.1) is 5.92 Å². The van der Waals surface area contributed by atoms with Crippen molar-refractivity contribution in [1.82, 2.24) is 14.7 Å². The summed E-state index contributed by atoms with van der Waals surface area (Å²) in [6, 6.07) is 17.5. The molecule has 2 aromatic carbocycles. The summed E-state index contributed by atoms with van der Waals surface area (Å²) in [4.78, 5) is 46.1. The van der Waals surface area contributed by atoms with E-state index in [1.54, 1.807) is 4.90 Å². The lowest BCUT2D eigenvalue weighted by atomic mass is 10.1. The Labute approximate surface area is 195 Å². The molecule has 0 radical (unpaired) electrons. The largest absolute Gasteiger partial charge is 0.378 e. The molecule has 2 aliphatic heterocycles. The topological polar surface area (TPSA) is 64.2 Å². The molecule has 0 bridgehead atoms. The van der Waals surface area contributed by atoms with Gasteiger partial charge in [0.25, 0.3) is 5.91 Å². The fourth-order valence-corrected chi connectivity index (χ4v) is 4.58. The fraction of sp³-hybridized carbons (Fsp3) is 0.423. The number of benzene rings is 2. The number of hydrogen-bond acceptors (Lipinski definition) is 4. The summed E-state index contributed by atoms with van der Waals surface area (Å²) in [6.45, 7) is 3.26. The molecule has 33 heavy (non-hydrogen) atoms. The molecule has 2 fully saturated rings. The van der Waals surface area contributed by atoms with Gasteiger partial charge in [-0.3, -0.25) is 14.4 Å². The Hall–Kier alpha value is -3.35. The maximum Gasteiger partial charge on any atom is 0.253 e. The van der Waals surface area contributed by atoms with Gasteiger partial charge in [0.2, 0.25) is 11.8 Å². The smallest absolute Gasteiger partial charge is 0.253 e. The van der Waals surface area contributed by atoms with Crippen molar-refractivity contribution in [3.63, 3.8) is 0 Å². The van der Waals surface area contributed by atoms with Gasteiger partial charge in [-0.15, -0.1) is 0 Å². The Kier molecular flexibility index (Phi) is 6.96. The van der Waals surface area contributed by atoms with Crippen LogP contribution in [-0.2, 0) is 16.1 Å². The first kappa shape index (κ1) is 22.8. The van der Waals surface area contributed by atoms with Crippen LogP contribution in [0.2, 0.25) is 0 Å². The van der Waals surface area contributed by atoms with Gasteiger partial charge in [-0.25, -0.2) is 0 Å². The molecule has 1 unspecified atom stereocenters. The van der Waals surface area contributed by atoms with E-state index in [9.17, 15) is 14.4 Å². The van der Waals surface area contributed by atoms with E-state index in [0.29, 0.717) is 44.8 Å². The van der Waals surface area contributed by atoms with Crippen LogP contribution >= 0.6 is 0 Å². The third kappa shape index (κ3) is 5.35. The molecule has 2 saturated heterocycles. The van der Waals surface area contributed by atoms with Gasteiger partial charge in [-0.2, -0.15) is 0 Å². The molecule has 2 heterocycles. The standard InChI is InChI=1S/C26H32N4O3/c1-27(2)23-11-9-21(10-12-23)25(32)28-13-6-14-29(16-15-28)26(33)22-17-24(31)30(19-22)18-20-7-4-3-5-8-20/h3-5,7-12,22H,6,13-19H2,1-2H3. The van der Waals surface area contributed by atoms with Crippen molar-refractivity contribution in [2.75, 3.05) is 51.7 Å². The van der Waals surface area contributed by atoms with E-state index >= 15 is 0 Å². The maximum atomic E-state index is 13.2. The van der Waals surface area contributed by atoms with Crippen molar-refractivity contribution in [2.24, 2.45) is 5.92 Å². The van der Waals surface area contributed by atoms with E-state index in [1.807, 2.05) is 83.4 Å². The molecule has 3 amide bonds. The Balaban J connectivity index is 1.33. The molecule has 7 nitrogen and oxygen atoms in total. The van der Waals surface area contributed by atoms with Crippen LogP contribution in [-0.4, -0.2) is 79.2 Å². The number of carbonyl (C=O) groups excluding carboxylic acids is 3. The lowest BCUT2D eigenvalue weighted by Crippen LogP contribution is -2.40. The molecule has 1 atom stereocenters. The minimum Gasteiger partial charge on any atom is -0.378 e. The zero-order valence-electron chi connectivity index (χ0n) is 19.4. The van der Waals surface area contributed by atoms with Crippen LogP contribution in [0.15, 0.2) is 54.6 Å². The Morgan fingerprint density at radius 1 is 0.909 bits per heavy atom. The molecular weight excluding hydrogens is 416 g/mol. The highest BCUT2D eigenvalue weighted by Gasteiger charge is 2.37. The molecule has 4 rings (SSSR count). The molecular formula is C26H32N4O3. The number of nitrogens with zero attached hydrogens (tertiary/aromatic N) is 4. The molecule has 0 N–H and O–H groups in total. The highest BCUT2D eigenvalue weighted by Crippen LogP contribution is 2.23. The Bertz CT molecular complexity index is 990. The third-order valence-corrected chi connectivity index (χ3v) is 6.51. The van der Waals surface area contributed by atoms with Gasteiger partial charge in [0.15, 0.2) is 0 Å². The molecule has 2 aliphatic rings. The number of hydrogen-bond donors (Lipinski definition) is 0. The molecule has 2 aromatic rings. The molecule has 0 aromatic heterocycles. The van der Waals surface area contributed by atoms with Gasteiger partial charge in [0.1, 0.15) is 0 Å². The van der Waals surface area contributed by atoms with Crippen molar-refractivity contribution in [1.29, 1.82) is 0 Å². The van der Waals surface area contributed by atoms with Crippen LogP contribution in [0.1, 0.15) is 28.8 Å². The predicted molar refractivity (Wildman–Crippen MR) is 128 cm³/mol. The molecule has 0 spiro atoms. The van der Waals surface area contributed by atoms with Crippen molar-refractivity contribution in [3.8, 4) is 0 Å². The molecule has 0 aliphatic carbocycles. The Morgan fingerprint density at radius 3 is 2.27 bits per heavy atom. The van der Waals surface area contributed by atoms with E-state index in [4.69, 9.17) is 0 Å². The highest BCUT2D eigenvalue weighted by atomic mass is 16.2. The van der Waals surface area contributed by atoms with Crippen LogP contribution in [0.25, 0.3) is 0 Å². The second-order valence-electron chi connectivity index (χ2n) is 9.07. The first-order chi connectivity index (χ1) is 15.9. The summed E-state index contributed by atoms with van der Waals surface area (Å²) < 4.78 is 0. The van der Waals surface area contributed by atoms with Crippen LogP contribution in [0.5, 0.6) is 0 Å². The minimum atomic E-state index is -0.304. The summed E-state index contributed by atoms with van der Waals surface area (Å²) in [5, 5.41) is 0. The minimum absolute atomic E-state index is 0.000291. The van der Waals surface area contributed by atoms with E-state index in [-0.39, 0.29) is 30.1 Å². The number of carbonyl (C=O) groups is 3. The van der Waals surface area contributed by atoms with E-state index in [0.717, 1.165) is 17.7 Å². The highest BCUT2D eigenvalue weighted by molar-refractivity contribution is 5.94. The lowest BCUT2D eigenvalue weighted by Gasteiger charge is -2.25. The second kappa shape index (κ2) is 10.1. The Morgan fingerprint density at radius 2 is 1.58 bits per heavy atom. The number of anilines is 1. The van der Waals surface area contributed by atoms with Crippen LogP contribution in [0, 0.1) is 5.92 Å². The van der Waals surface area contributed by atoms with E-state index in [2.05, 4.69) is 0 Å². The van der Waals surface area contributed by atoms with Gasteiger partial charge in [0, 0.05) is 71.0 Å². The van der Waals surface area contributed by atoms with Crippen molar-refractivity contribution < 1.29 is 14.4 Å². The van der Waals surface area contributed by atoms with E-state index < -0.39 is 0 Å². The molecule has 0 saturated carbocycles. The lowest BCUT2D eigenvalue weighted by molar-refractivity contribution is -0.135. The van der Waals surface area contributed by atoms with Gasteiger partial charge >= 0.3 is 0 Å². The molecule has 7 heteroatoms. The second-order valence-corrected chi connectivity index (χ2v) is 9.07. The van der Waals surface area contributed by atoms with Gasteiger partial charge < -0.3 is 19.6 Å². The zero-order valence-corrected chi connectivity index (χ0v) is 19.4. The quantitative estimate of drug-likeness (QED) is 0.705. The summed E-state index contributed by atoms with van der Waals surface area (Å²) >= 11 is 0. The van der Waals surface area contributed by atoms with Gasteiger partial charge in [-0.1, -0.05) is 30.3 Å². The van der Waals surface area contributed by atoms with E-state index in [1.165, 1.54) is 0 Å². The van der Waals surface area contributed by atoms with Crippen molar-refractivity contribution in [2.45, 2.75) is 19.4 Å². The van der Waals surface area contributed by atoms with Crippen LogP contribution < -0.4 is 4.90 Å². The fourth-order valence-electron chi connectivity index (χ4n) is 4.58. The summed E-state index contributed by atoms with van der Waals surface area (Å²) in [5.41, 5.74) is 2.78.